The van der Waals surface area contributed by atoms with Crippen LogP contribution in [-0.4, -0.2) is 17.0 Å². The minimum Gasteiger partial charge on any atom is -0.481 e. The minimum absolute atomic E-state index is 0.101. The summed E-state index contributed by atoms with van der Waals surface area (Å²) in [5, 5.41) is 8.63. The lowest BCUT2D eigenvalue weighted by molar-refractivity contribution is -0.149. The number of carboxylic acids is 1. The fraction of sp³-hybridized carbons (Fsp3) is 0.875. The standard InChI is InChI=1S/C8H12F2O2/c1-5-4-8(9,10)3-2-6(5)7(11)12/h5-6H,2-4H2,1H3,(H,11,12)/t5-,6?/m1/s1. The fourth-order valence-corrected chi connectivity index (χ4v) is 1.73. The first kappa shape index (κ1) is 9.42. The maximum absolute atomic E-state index is 12.7. The van der Waals surface area contributed by atoms with Crippen molar-refractivity contribution < 1.29 is 18.7 Å². The van der Waals surface area contributed by atoms with Crippen LogP contribution < -0.4 is 0 Å². The average molecular weight is 178 g/mol. The number of carboxylic acid groups (broad SMARTS) is 1. The topological polar surface area (TPSA) is 37.3 Å². The van der Waals surface area contributed by atoms with Gasteiger partial charge in [-0.1, -0.05) is 6.92 Å². The fourth-order valence-electron chi connectivity index (χ4n) is 1.73. The van der Waals surface area contributed by atoms with Crippen molar-refractivity contribution in [1.29, 1.82) is 0 Å². The van der Waals surface area contributed by atoms with Gasteiger partial charge in [-0.2, -0.15) is 0 Å². The van der Waals surface area contributed by atoms with E-state index >= 15 is 0 Å². The molecule has 0 bridgehead atoms. The molecule has 0 aromatic heterocycles. The van der Waals surface area contributed by atoms with Crippen LogP contribution in [0.5, 0.6) is 0 Å². The summed E-state index contributed by atoms with van der Waals surface area (Å²) in [7, 11) is 0. The third-order valence-electron chi connectivity index (χ3n) is 2.45. The summed E-state index contributed by atoms with van der Waals surface area (Å²) in [6.07, 6.45) is -0.470. The highest BCUT2D eigenvalue weighted by atomic mass is 19.3. The van der Waals surface area contributed by atoms with Gasteiger partial charge in [-0.15, -0.1) is 0 Å². The van der Waals surface area contributed by atoms with Crippen molar-refractivity contribution in [2.24, 2.45) is 11.8 Å². The molecule has 0 aromatic carbocycles. The normalized spacial score (nSPS) is 34.6. The first-order valence-electron chi connectivity index (χ1n) is 4.03. The predicted octanol–water partition coefficient (Wildman–Crippen LogP) is 2.14. The van der Waals surface area contributed by atoms with Gasteiger partial charge in [0.15, 0.2) is 0 Å². The van der Waals surface area contributed by atoms with E-state index in [1.807, 2.05) is 0 Å². The van der Waals surface area contributed by atoms with E-state index in [1.165, 1.54) is 0 Å². The molecule has 70 valence electrons. The van der Waals surface area contributed by atoms with E-state index in [9.17, 15) is 13.6 Å². The van der Waals surface area contributed by atoms with Gasteiger partial charge in [-0.3, -0.25) is 4.79 Å². The van der Waals surface area contributed by atoms with Crippen LogP contribution in [-0.2, 0) is 4.79 Å². The summed E-state index contributed by atoms with van der Waals surface area (Å²) in [6, 6.07) is 0. The van der Waals surface area contributed by atoms with Crippen LogP contribution in [0.1, 0.15) is 26.2 Å². The highest BCUT2D eigenvalue weighted by Crippen LogP contribution is 2.39. The van der Waals surface area contributed by atoms with Crippen LogP contribution in [0.2, 0.25) is 0 Å². The number of rotatable bonds is 1. The maximum Gasteiger partial charge on any atom is 0.306 e. The molecule has 1 aliphatic rings. The molecule has 4 heteroatoms. The van der Waals surface area contributed by atoms with Gasteiger partial charge in [0.2, 0.25) is 5.92 Å². The number of halogens is 2. The molecular weight excluding hydrogens is 166 g/mol. The van der Waals surface area contributed by atoms with E-state index in [2.05, 4.69) is 0 Å². The van der Waals surface area contributed by atoms with Crippen LogP contribution in [0.3, 0.4) is 0 Å². The smallest absolute Gasteiger partial charge is 0.306 e. The lowest BCUT2D eigenvalue weighted by atomic mass is 9.78. The van der Waals surface area contributed by atoms with Crippen molar-refractivity contribution in [1.82, 2.24) is 0 Å². The molecule has 0 aromatic rings. The summed E-state index contributed by atoms with van der Waals surface area (Å²) in [5.41, 5.74) is 0. The van der Waals surface area contributed by atoms with Gasteiger partial charge in [0.05, 0.1) is 5.92 Å². The molecule has 0 amide bonds. The molecule has 0 radical (unpaired) electrons. The molecular formula is C8H12F2O2. The number of hydrogen-bond donors (Lipinski definition) is 1. The van der Waals surface area contributed by atoms with Crippen molar-refractivity contribution in [2.75, 3.05) is 0 Å². The molecule has 12 heavy (non-hydrogen) atoms. The first-order chi connectivity index (χ1) is 5.42. The summed E-state index contributed by atoms with van der Waals surface area (Å²) in [4.78, 5) is 10.5. The molecule has 1 aliphatic carbocycles. The minimum atomic E-state index is -2.65. The van der Waals surface area contributed by atoms with Gasteiger partial charge in [0.1, 0.15) is 0 Å². The zero-order valence-corrected chi connectivity index (χ0v) is 6.89. The molecule has 1 fully saturated rings. The molecule has 1 saturated carbocycles. The van der Waals surface area contributed by atoms with Crippen molar-refractivity contribution in [3.63, 3.8) is 0 Å². The summed E-state index contributed by atoms with van der Waals surface area (Å²) in [6.45, 7) is 1.58. The van der Waals surface area contributed by atoms with E-state index in [0.717, 1.165) is 0 Å². The predicted molar refractivity (Wildman–Crippen MR) is 39.1 cm³/mol. The van der Waals surface area contributed by atoms with Crippen LogP contribution in [0.15, 0.2) is 0 Å². The molecule has 2 nitrogen and oxygen atoms in total. The Morgan fingerprint density at radius 3 is 2.58 bits per heavy atom. The monoisotopic (exact) mass is 178 g/mol. The summed E-state index contributed by atoms with van der Waals surface area (Å²) >= 11 is 0. The number of carbonyl (C=O) groups is 1. The molecule has 1 N–H and O–H groups in total. The number of hydrogen-bond acceptors (Lipinski definition) is 1. The summed E-state index contributed by atoms with van der Waals surface area (Å²) in [5.74, 6) is -4.58. The Balaban J connectivity index is 2.60. The maximum atomic E-state index is 12.7. The zero-order chi connectivity index (χ0) is 9.35. The second-order valence-corrected chi connectivity index (χ2v) is 3.52. The largest absolute Gasteiger partial charge is 0.481 e. The van der Waals surface area contributed by atoms with Gasteiger partial charge in [0, 0.05) is 12.8 Å². The van der Waals surface area contributed by atoms with E-state index in [4.69, 9.17) is 5.11 Å². The molecule has 0 aliphatic heterocycles. The SMILES string of the molecule is C[C@@H]1CC(F)(F)CCC1C(=O)O. The molecule has 0 saturated heterocycles. The van der Waals surface area contributed by atoms with Crippen molar-refractivity contribution in [3.05, 3.63) is 0 Å². The quantitative estimate of drug-likeness (QED) is 0.667. The molecule has 2 atom stereocenters. The number of aliphatic carboxylic acids is 1. The van der Waals surface area contributed by atoms with Crippen molar-refractivity contribution in [2.45, 2.75) is 32.1 Å². The lowest BCUT2D eigenvalue weighted by Gasteiger charge is -2.31. The molecule has 1 unspecified atom stereocenters. The van der Waals surface area contributed by atoms with E-state index in [0.29, 0.717) is 0 Å². The molecule has 0 spiro atoms. The number of alkyl halides is 2. The van der Waals surface area contributed by atoms with Crippen LogP contribution in [0.25, 0.3) is 0 Å². The van der Waals surface area contributed by atoms with Crippen LogP contribution >= 0.6 is 0 Å². The highest BCUT2D eigenvalue weighted by Gasteiger charge is 2.41. The van der Waals surface area contributed by atoms with Crippen molar-refractivity contribution >= 4 is 5.97 Å². The lowest BCUT2D eigenvalue weighted by Crippen LogP contribution is -2.34. The summed E-state index contributed by atoms with van der Waals surface area (Å²) < 4.78 is 25.4. The first-order valence-corrected chi connectivity index (χ1v) is 4.03. The zero-order valence-electron chi connectivity index (χ0n) is 6.89. The third-order valence-corrected chi connectivity index (χ3v) is 2.45. The van der Waals surface area contributed by atoms with Gasteiger partial charge in [-0.25, -0.2) is 8.78 Å². The Labute approximate surface area is 69.6 Å². The Kier molecular flexibility index (Phi) is 2.35. The van der Waals surface area contributed by atoms with E-state index in [-0.39, 0.29) is 19.3 Å². The average Bonchev–Trinajstić information content (AvgIpc) is 1.83. The van der Waals surface area contributed by atoms with Gasteiger partial charge >= 0.3 is 5.97 Å². The third kappa shape index (κ3) is 1.93. The Morgan fingerprint density at radius 2 is 2.17 bits per heavy atom. The van der Waals surface area contributed by atoms with Crippen LogP contribution in [0, 0.1) is 11.8 Å². The van der Waals surface area contributed by atoms with Gasteiger partial charge in [0.25, 0.3) is 0 Å². The van der Waals surface area contributed by atoms with E-state index < -0.39 is 23.7 Å². The second kappa shape index (κ2) is 2.99. The Hall–Kier alpha value is -0.670. The van der Waals surface area contributed by atoms with Crippen LogP contribution in [0.4, 0.5) is 8.78 Å². The molecule has 1 rings (SSSR count). The Morgan fingerprint density at radius 1 is 1.58 bits per heavy atom. The van der Waals surface area contributed by atoms with Crippen molar-refractivity contribution in [3.8, 4) is 0 Å². The second-order valence-electron chi connectivity index (χ2n) is 3.52. The molecule has 0 heterocycles. The van der Waals surface area contributed by atoms with Gasteiger partial charge < -0.3 is 5.11 Å². The van der Waals surface area contributed by atoms with Gasteiger partial charge in [-0.05, 0) is 12.3 Å². The Bertz CT molecular complexity index is 191. The van der Waals surface area contributed by atoms with E-state index in [1.54, 1.807) is 6.92 Å². The highest BCUT2D eigenvalue weighted by molar-refractivity contribution is 5.70.